The molecule has 1 aliphatic carbocycles. The molecule has 0 bridgehead atoms. The topological polar surface area (TPSA) is 9.23 Å². The largest absolute Gasteiger partial charge is 0.459 e. The smallest absolute Gasteiger partial charge is 0.260 e. The van der Waals surface area contributed by atoms with Gasteiger partial charge >= 0.3 is 0 Å². The summed E-state index contributed by atoms with van der Waals surface area (Å²) in [5.41, 5.74) is 2.60. The Hall–Kier alpha value is -2.56. The van der Waals surface area contributed by atoms with Gasteiger partial charge in [0.2, 0.25) is 0 Å². The first kappa shape index (κ1) is 23.1. The van der Waals surface area contributed by atoms with Gasteiger partial charge < -0.3 is 4.74 Å². The Morgan fingerprint density at radius 2 is 1.55 bits per heavy atom. The maximum absolute atomic E-state index is 14.1. The van der Waals surface area contributed by atoms with Gasteiger partial charge in [0.05, 0.1) is 6.26 Å². The molecule has 0 atom stereocenters. The molecule has 31 heavy (non-hydrogen) atoms. The Kier molecular flexibility index (Phi) is 8.33. The van der Waals surface area contributed by atoms with Crippen molar-refractivity contribution in [1.29, 1.82) is 0 Å². The molecule has 2 aromatic rings. The highest BCUT2D eigenvalue weighted by Gasteiger charge is 2.21. The SMILES string of the molecule is CCCC1CCC(c2ccc(C=Cc3cc(F)c(OC=CC(F)F)c(F)c3)cc2)CC1. The third kappa shape index (κ3) is 6.71. The summed E-state index contributed by atoms with van der Waals surface area (Å²) in [6.07, 6.45) is 9.29. The Balaban J connectivity index is 1.62. The summed E-state index contributed by atoms with van der Waals surface area (Å²) in [5, 5.41) is 0. The van der Waals surface area contributed by atoms with E-state index in [1.807, 2.05) is 12.1 Å². The second-order valence-electron chi connectivity index (χ2n) is 8.10. The van der Waals surface area contributed by atoms with Crippen LogP contribution in [-0.2, 0) is 0 Å². The molecule has 1 nitrogen and oxygen atoms in total. The van der Waals surface area contributed by atoms with Crippen LogP contribution in [0.4, 0.5) is 17.6 Å². The Bertz CT molecular complexity index is 871. The standard InChI is InChI=1S/C26H28F4O/c1-2-3-18-6-10-21(11-7-18)22-12-8-19(9-13-22)4-5-20-16-23(27)26(24(28)17-20)31-15-14-25(29)30/h4-5,8-9,12-18,21,25H,2-3,6-7,10-11H2,1H3. The van der Waals surface area contributed by atoms with Crippen LogP contribution < -0.4 is 4.74 Å². The van der Waals surface area contributed by atoms with Crippen LogP contribution in [0.25, 0.3) is 12.2 Å². The minimum absolute atomic E-state index is 0.318. The molecule has 0 amide bonds. The lowest BCUT2D eigenvalue weighted by molar-refractivity contribution is 0.200. The lowest BCUT2D eigenvalue weighted by Gasteiger charge is -2.28. The summed E-state index contributed by atoms with van der Waals surface area (Å²) in [7, 11) is 0. The van der Waals surface area contributed by atoms with Crippen molar-refractivity contribution in [3.63, 3.8) is 0 Å². The minimum atomic E-state index is -2.75. The van der Waals surface area contributed by atoms with Gasteiger partial charge in [-0.15, -0.1) is 0 Å². The molecule has 0 aromatic heterocycles. The molecule has 1 saturated carbocycles. The fourth-order valence-corrected chi connectivity index (χ4v) is 4.22. The van der Waals surface area contributed by atoms with E-state index in [1.165, 1.54) is 44.1 Å². The Labute approximate surface area is 181 Å². The highest BCUT2D eigenvalue weighted by atomic mass is 19.3. The van der Waals surface area contributed by atoms with E-state index in [9.17, 15) is 17.6 Å². The molecule has 166 valence electrons. The van der Waals surface area contributed by atoms with Gasteiger partial charge in [0.1, 0.15) is 0 Å². The molecule has 0 heterocycles. The highest BCUT2D eigenvalue weighted by Crippen LogP contribution is 2.37. The van der Waals surface area contributed by atoms with E-state index >= 15 is 0 Å². The maximum atomic E-state index is 14.1. The van der Waals surface area contributed by atoms with E-state index < -0.39 is 23.8 Å². The summed E-state index contributed by atoms with van der Waals surface area (Å²) >= 11 is 0. The number of hydrogen-bond donors (Lipinski definition) is 0. The molecule has 0 unspecified atom stereocenters. The molecule has 2 aromatic carbocycles. The second-order valence-corrected chi connectivity index (χ2v) is 8.10. The van der Waals surface area contributed by atoms with E-state index in [1.54, 1.807) is 12.2 Å². The number of ether oxygens (including phenoxy) is 1. The first-order valence-electron chi connectivity index (χ1n) is 10.8. The molecular weight excluding hydrogens is 404 g/mol. The van der Waals surface area contributed by atoms with Crippen LogP contribution >= 0.6 is 0 Å². The molecule has 0 aliphatic heterocycles. The molecule has 0 saturated heterocycles. The number of rotatable bonds is 8. The first-order chi connectivity index (χ1) is 15.0. The van der Waals surface area contributed by atoms with Gasteiger partial charge in [0.15, 0.2) is 17.4 Å². The summed E-state index contributed by atoms with van der Waals surface area (Å²) in [4.78, 5) is 0. The van der Waals surface area contributed by atoms with Crippen molar-refractivity contribution in [1.82, 2.24) is 0 Å². The number of benzene rings is 2. The molecule has 3 rings (SSSR count). The average Bonchev–Trinajstić information content (AvgIpc) is 2.75. The van der Waals surface area contributed by atoms with Crippen LogP contribution in [0.15, 0.2) is 48.7 Å². The van der Waals surface area contributed by atoms with Gasteiger partial charge in [0.25, 0.3) is 6.43 Å². The van der Waals surface area contributed by atoms with Crippen molar-refractivity contribution >= 4 is 12.2 Å². The molecule has 5 heteroatoms. The normalized spacial score (nSPS) is 19.5. The minimum Gasteiger partial charge on any atom is -0.459 e. The lowest BCUT2D eigenvalue weighted by Crippen LogP contribution is -2.13. The first-order valence-corrected chi connectivity index (χ1v) is 10.8. The van der Waals surface area contributed by atoms with Gasteiger partial charge in [-0.2, -0.15) is 0 Å². The summed E-state index contributed by atoms with van der Waals surface area (Å²) < 4.78 is 57.0. The van der Waals surface area contributed by atoms with E-state index in [0.717, 1.165) is 23.6 Å². The molecule has 1 aliphatic rings. The molecule has 0 N–H and O–H groups in total. The third-order valence-corrected chi connectivity index (χ3v) is 5.85. The van der Waals surface area contributed by atoms with Crippen LogP contribution in [0.2, 0.25) is 0 Å². The monoisotopic (exact) mass is 432 g/mol. The second kappa shape index (κ2) is 11.2. The van der Waals surface area contributed by atoms with Crippen molar-refractivity contribution in [2.75, 3.05) is 0 Å². The molecule has 0 spiro atoms. The van der Waals surface area contributed by atoms with E-state index in [4.69, 9.17) is 0 Å². The molecule has 1 fully saturated rings. The van der Waals surface area contributed by atoms with Crippen LogP contribution in [0, 0.1) is 17.6 Å². The predicted molar refractivity (Wildman–Crippen MR) is 117 cm³/mol. The zero-order chi connectivity index (χ0) is 22.2. The van der Waals surface area contributed by atoms with Crippen molar-refractivity contribution in [3.8, 4) is 5.75 Å². The summed E-state index contributed by atoms with van der Waals surface area (Å²) in [6, 6.07) is 10.5. The zero-order valence-corrected chi connectivity index (χ0v) is 17.7. The van der Waals surface area contributed by atoms with Gasteiger partial charge in [-0.05, 0) is 66.3 Å². The number of halogens is 4. The Morgan fingerprint density at radius 1 is 0.935 bits per heavy atom. The van der Waals surface area contributed by atoms with Gasteiger partial charge in [-0.25, -0.2) is 17.6 Å². The van der Waals surface area contributed by atoms with E-state index in [2.05, 4.69) is 23.8 Å². The van der Waals surface area contributed by atoms with Gasteiger partial charge in [-0.1, -0.05) is 56.2 Å². The number of hydrogen-bond acceptors (Lipinski definition) is 1. The third-order valence-electron chi connectivity index (χ3n) is 5.85. The number of alkyl halides is 2. The van der Waals surface area contributed by atoms with Crippen LogP contribution in [0.3, 0.4) is 0 Å². The average molecular weight is 433 g/mol. The zero-order valence-electron chi connectivity index (χ0n) is 17.7. The Morgan fingerprint density at radius 3 is 2.13 bits per heavy atom. The highest BCUT2D eigenvalue weighted by molar-refractivity contribution is 5.70. The molecule has 0 radical (unpaired) electrons. The van der Waals surface area contributed by atoms with Crippen LogP contribution in [0.1, 0.15) is 68.1 Å². The summed E-state index contributed by atoms with van der Waals surface area (Å²) in [5.74, 6) is -1.12. The summed E-state index contributed by atoms with van der Waals surface area (Å²) in [6.45, 7) is 2.25. The van der Waals surface area contributed by atoms with Crippen molar-refractivity contribution < 1.29 is 22.3 Å². The van der Waals surface area contributed by atoms with Gasteiger partial charge in [0, 0.05) is 6.08 Å². The fourth-order valence-electron chi connectivity index (χ4n) is 4.22. The van der Waals surface area contributed by atoms with Crippen molar-refractivity contribution in [2.45, 2.75) is 57.8 Å². The quantitative estimate of drug-likeness (QED) is 0.231. The predicted octanol–water partition coefficient (Wildman–Crippen LogP) is 8.37. The lowest BCUT2D eigenvalue weighted by atomic mass is 9.77. The van der Waals surface area contributed by atoms with Crippen molar-refractivity contribution in [3.05, 3.63) is 77.1 Å². The van der Waals surface area contributed by atoms with E-state index in [0.29, 0.717) is 23.8 Å². The van der Waals surface area contributed by atoms with Crippen molar-refractivity contribution in [2.24, 2.45) is 5.92 Å². The maximum Gasteiger partial charge on any atom is 0.260 e. The molecular formula is C26H28F4O. The fraction of sp³-hybridized carbons (Fsp3) is 0.385. The van der Waals surface area contributed by atoms with Crippen LogP contribution in [-0.4, -0.2) is 6.43 Å². The number of allylic oxidation sites excluding steroid dienone is 1. The van der Waals surface area contributed by atoms with E-state index in [-0.39, 0.29) is 0 Å². The van der Waals surface area contributed by atoms with Crippen LogP contribution in [0.5, 0.6) is 5.75 Å². The van der Waals surface area contributed by atoms with Gasteiger partial charge in [-0.3, -0.25) is 0 Å².